The zero-order chi connectivity index (χ0) is 19.0. The number of carbonyl (C=O) groups excluding carboxylic acids is 3. The molecular formula is C23H25NO3. The van der Waals surface area contributed by atoms with Crippen molar-refractivity contribution in [2.75, 3.05) is 6.54 Å². The fraction of sp³-hybridized carbons (Fsp3) is 0.435. The maximum Gasteiger partial charge on any atom is 0.258 e. The Morgan fingerprint density at radius 3 is 2.70 bits per heavy atom. The van der Waals surface area contributed by atoms with E-state index in [4.69, 9.17) is 0 Å². The third-order valence-corrected chi connectivity index (χ3v) is 5.94. The predicted octanol–water partition coefficient (Wildman–Crippen LogP) is 4.08. The molecular weight excluding hydrogens is 338 g/mol. The van der Waals surface area contributed by atoms with Crippen molar-refractivity contribution in [2.24, 2.45) is 11.8 Å². The highest BCUT2D eigenvalue weighted by atomic mass is 16.2. The summed E-state index contributed by atoms with van der Waals surface area (Å²) in [5.74, 6) is 0.290. The molecule has 1 heterocycles. The van der Waals surface area contributed by atoms with Crippen molar-refractivity contribution in [3.63, 3.8) is 0 Å². The monoisotopic (exact) mass is 363 g/mol. The van der Waals surface area contributed by atoms with Crippen LogP contribution in [0.3, 0.4) is 0 Å². The quantitative estimate of drug-likeness (QED) is 0.792. The second-order valence-electron chi connectivity index (χ2n) is 7.79. The first kappa shape index (κ1) is 17.9. The number of benzene rings is 1. The van der Waals surface area contributed by atoms with E-state index in [1.165, 1.54) is 0 Å². The molecule has 140 valence electrons. The van der Waals surface area contributed by atoms with Crippen LogP contribution in [0.4, 0.5) is 0 Å². The van der Waals surface area contributed by atoms with E-state index in [0.717, 1.165) is 36.1 Å². The Balaban J connectivity index is 1.62. The number of hydrogen-bond acceptors (Lipinski definition) is 3. The zero-order valence-electron chi connectivity index (χ0n) is 15.7. The summed E-state index contributed by atoms with van der Waals surface area (Å²) in [7, 11) is 0. The Morgan fingerprint density at radius 2 is 1.96 bits per heavy atom. The van der Waals surface area contributed by atoms with Crippen LogP contribution in [0.1, 0.15) is 55.8 Å². The van der Waals surface area contributed by atoms with E-state index in [1.807, 2.05) is 42.2 Å². The van der Waals surface area contributed by atoms with Crippen LogP contribution in [0.5, 0.6) is 0 Å². The average molecular weight is 363 g/mol. The van der Waals surface area contributed by atoms with Gasteiger partial charge in [-0.05, 0) is 43.4 Å². The van der Waals surface area contributed by atoms with E-state index < -0.39 is 0 Å². The van der Waals surface area contributed by atoms with Crippen molar-refractivity contribution < 1.29 is 14.4 Å². The molecule has 0 spiro atoms. The molecule has 4 rings (SSSR count). The fourth-order valence-electron chi connectivity index (χ4n) is 4.78. The van der Waals surface area contributed by atoms with E-state index in [0.29, 0.717) is 31.4 Å². The lowest BCUT2D eigenvalue weighted by Gasteiger charge is -2.30. The van der Waals surface area contributed by atoms with Gasteiger partial charge in [0.15, 0.2) is 5.78 Å². The number of carbonyl (C=O) groups is 3. The minimum atomic E-state index is -0.209. The number of likely N-dealkylation sites (tertiary alicyclic amines) is 1. The lowest BCUT2D eigenvalue weighted by atomic mass is 9.72. The van der Waals surface area contributed by atoms with Crippen LogP contribution in [-0.2, 0) is 9.59 Å². The van der Waals surface area contributed by atoms with Crippen molar-refractivity contribution >= 4 is 17.5 Å². The summed E-state index contributed by atoms with van der Waals surface area (Å²) in [4.78, 5) is 40.0. The van der Waals surface area contributed by atoms with Gasteiger partial charge in [0, 0.05) is 48.1 Å². The number of Topliss-reactive ketones (excluding diaryl/α,β-unsaturated/α-hetero) is 2. The molecule has 2 unspecified atom stereocenters. The number of nitrogens with zero attached hydrogens (tertiary/aromatic N) is 1. The molecule has 4 heteroatoms. The Morgan fingerprint density at radius 1 is 1.19 bits per heavy atom. The molecule has 1 aromatic rings. The Labute approximate surface area is 159 Å². The third kappa shape index (κ3) is 3.18. The van der Waals surface area contributed by atoms with Crippen LogP contribution < -0.4 is 0 Å². The largest absolute Gasteiger partial charge is 0.308 e. The molecule has 1 aliphatic heterocycles. The number of hydrogen-bond donors (Lipinski definition) is 0. The molecule has 0 aromatic heterocycles. The maximum absolute atomic E-state index is 13.0. The summed E-state index contributed by atoms with van der Waals surface area (Å²) in [6, 6.07) is 9.31. The van der Waals surface area contributed by atoms with Gasteiger partial charge in [0.05, 0.1) is 0 Å². The van der Waals surface area contributed by atoms with Crippen molar-refractivity contribution in [3.8, 4) is 0 Å². The maximum atomic E-state index is 13.0. The molecule has 1 saturated heterocycles. The number of rotatable bonds is 5. The minimum absolute atomic E-state index is 0.00365. The molecule has 0 N–H and O–H groups in total. The zero-order valence-corrected chi connectivity index (χ0v) is 15.7. The van der Waals surface area contributed by atoms with Gasteiger partial charge in [0.2, 0.25) is 0 Å². The first-order chi connectivity index (χ1) is 13.1. The van der Waals surface area contributed by atoms with Crippen LogP contribution in [0.15, 0.2) is 53.3 Å². The molecule has 3 aliphatic rings. The van der Waals surface area contributed by atoms with E-state index in [1.54, 1.807) is 0 Å². The van der Waals surface area contributed by atoms with Gasteiger partial charge in [0.1, 0.15) is 5.78 Å². The fourth-order valence-corrected chi connectivity index (χ4v) is 4.78. The van der Waals surface area contributed by atoms with E-state index >= 15 is 0 Å². The lowest BCUT2D eigenvalue weighted by Crippen LogP contribution is -2.30. The van der Waals surface area contributed by atoms with E-state index in [2.05, 4.69) is 6.08 Å². The van der Waals surface area contributed by atoms with Crippen LogP contribution >= 0.6 is 0 Å². The molecule has 27 heavy (non-hydrogen) atoms. The highest BCUT2D eigenvalue weighted by Gasteiger charge is 2.45. The summed E-state index contributed by atoms with van der Waals surface area (Å²) in [6.45, 7) is 2.60. The average Bonchev–Trinajstić information content (AvgIpc) is 3.05. The molecule has 0 saturated carbocycles. The highest BCUT2D eigenvalue weighted by Crippen LogP contribution is 2.47. The van der Waals surface area contributed by atoms with Crippen molar-refractivity contribution in [1.82, 2.24) is 4.90 Å². The predicted molar refractivity (Wildman–Crippen MR) is 103 cm³/mol. The van der Waals surface area contributed by atoms with Gasteiger partial charge in [0.25, 0.3) is 5.91 Å². The third-order valence-electron chi connectivity index (χ3n) is 5.94. The van der Waals surface area contributed by atoms with Gasteiger partial charge in [-0.2, -0.15) is 0 Å². The molecule has 2 aliphatic carbocycles. The van der Waals surface area contributed by atoms with E-state index in [-0.39, 0.29) is 29.3 Å². The molecule has 2 atom stereocenters. The topological polar surface area (TPSA) is 54.5 Å². The smallest absolute Gasteiger partial charge is 0.258 e. The van der Waals surface area contributed by atoms with Crippen molar-refractivity contribution in [2.45, 2.75) is 45.4 Å². The minimum Gasteiger partial charge on any atom is -0.308 e. The molecule has 4 nitrogen and oxygen atoms in total. The molecule has 0 bridgehead atoms. The van der Waals surface area contributed by atoms with Crippen LogP contribution in [0.25, 0.3) is 0 Å². The first-order valence-electron chi connectivity index (χ1n) is 9.96. The molecule has 1 aromatic carbocycles. The van der Waals surface area contributed by atoms with E-state index in [9.17, 15) is 14.4 Å². The Hall–Kier alpha value is -2.49. The standard InChI is InChI=1S/C23H25NO3/c1-2-7-18(25)13-16-12-17-14-24(23(27)15-8-4-3-5-9-15)20-11-6-10-19(21(17)20)22(16)26/h3-5,8-9,11,16-17H,2,6-7,10,12-14H2,1H3. The Kier molecular flexibility index (Phi) is 4.81. The first-order valence-corrected chi connectivity index (χ1v) is 9.96. The van der Waals surface area contributed by atoms with Gasteiger partial charge < -0.3 is 4.90 Å². The van der Waals surface area contributed by atoms with Crippen molar-refractivity contribution in [3.05, 3.63) is 58.8 Å². The SMILES string of the molecule is CCCC(=O)CC1CC2CN(C(=O)c3ccccc3)C3=CCCC(=C32)C1=O. The van der Waals surface area contributed by atoms with Gasteiger partial charge in [-0.25, -0.2) is 0 Å². The van der Waals surface area contributed by atoms with Crippen molar-refractivity contribution in [1.29, 1.82) is 0 Å². The Bertz CT molecular complexity index is 850. The van der Waals surface area contributed by atoms with Crippen LogP contribution in [0, 0.1) is 11.8 Å². The summed E-state index contributed by atoms with van der Waals surface area (Å²) >= 11 is 0. The van der Waals surface area contributed by atoms with Gasteiger partial charge >= 0.3 is 0 Å². The van der Waals surface area contributed by atoms with Crippen LogP contribution in [-0.4, -0.2) is 28.9 Å². The number of amides is 1. The molecule has 0 radical (unpaired) electrons. The summed E-state index contributed by atoms with van der Waals surface area (Å²) in [6.07, 6.45) is 6.03. The normalized spacial score (nSPS) is 24.0. The summed E-state index contributed by atoms with van der Waals surface area (Å²) in [5, 5.41) is 0. The van der Waals surface area contributed by atoms with Gasteiger partial charge in [-0.15, -0.1) is 0 Å². The highest BCUT2D eigenvalue weighted by molar-refractivity contribution is 6.03. The lowest BCUT2D eigenvalue weighted by molar-refractivity contribution is -0.126. The van der Waals surface area contributed by atoms with Gasteiger partial charge in [-0.3, -0.25) is 14.4 Å². The molecule has 1 amide bonds. The second kappa shape index (κ2) is 7.26. The summed E-state index contributed by atoms with van der Waals surface area (Å²) in [5.41, 5.74) is 3.56. The number of ketones is 2. The van der Waals surface area contributed by atoms with Crippen LogP contribution in [0.2, 0.25) is 0 Å². The molecule has 1 fully saturated rings. The second-order valence-corrected chi connectivity index (χ2v) is 7.79. The summed E-state index contributed by atoms with van der Waals surface area (Å²) < 4.78 is 0. The van der Waals surface area contributed by atoms with Gasteiger partial charge in [-0.1, -0.05) is 31.2 Å². The number of allylic oxidation sites excluding steroid dienone is 3.